The van der Waals surface area contributed by atoms with Crippen LogP contribution in [-0.4, -0.2) is 35.8 Å². The molecule has 1 aromatic rings. The lowest BCUT2D eigenvalue weighted by Gasteiger charge is -2.14. The summed E-state index contributed by atoms with van der Waals surface area (Å²) in [4.78, 5) is 34.1. The molecule has 7 nitrogen and oxygen atoms in total. The fourth-order valence-corrected chi connectivity index (χ4v) is 1.65. The van der Waals surface area contributed by atoms with Crippen LogP contribution in [0.1, 0.15) is 31.7 Å². The van der Waals surface area contributed by atoms with E-state index in [1.165, 1.54) is 0 Å². The molecular weight excluding hydrogens is 302 g/mol. The molecule has 1 aromatic carbocycles. The third-order valence-corrected chi connectivity index (χ3v) is 2.95. The lowest BCUT2D eigenvalue weighted by molar-refractivity contribution is -0.148. The van der Waals surface area contributed by atoms with Gasteiger partial charge in [-0.15, -0.1) is 0 Å². The van der Waals surface area contributed by atoms with Gasteiger partial charge in [0.1, 0.15) is 13.2 Å². The number of carbonyl (C=O) groups is 3. The van der Waals surface area contributed by atoms with Crippen molar-refractivity contribution in [1.82, 2.24) is 5.32 Å². The molecule has 0 aliphatic carbocycles. The molecule has 0 fully saturated rings. The Bertz CT molecular complexity index is 517. The van der Waals surface area contributed by atoms with Gasteiger partial charge in [0.05, 0.1) is 0 Å². The molecule has 0 radical (unpaired) electrons. The smallest absolute Gasteiger partial charge is 0.408 e. The monoisotopic (exact) mass is 323 g/mol. The minimum atomic E-state index is -1.34. The van der Waals surface area contributed by atoms with E-state index in [-0.39, 0.29) is 13.0 Å². The van der Waals surface area contributed by atoms with E-state index in [2.05, 4.69) is 5.32 Å². The number of hydrogen-bond acceptors (Lipinski definition) is 5. The van der Waals surface area contributed by atoms with Crippen molar-refractivity contribution in [2.45, 2.75) is 38.8 Å². The van der Waals surface area contributed by atoms with Crippen molar-refractivity contribution in [1.29, 1.82) is 0 Å². The molecule has 0 aliphatic rings. The summed E-state index contributed by atoms with van der Waals surface area (Å²) in [5.41, 5.74) is 0.778. The Morgan fingerprint density at radius 1 is 1.17 bits per heavy atom. The number of benzene rings is 1. The van der Waals surface area contributed by atoms with Crippen LogP contribution in [0.5, 0.6) is 0 Å². The molecule has 23 heavy (non-hydrogen) atoms. The number of amides is 1. The Labute approximate surface area is 134 Å². The Kier molecular flexibility index (Phi) is 8.20. The minimum Gasteiger partial charge on any atom is -0.480 e. The van der Waals surface area contributed by atoms with E-state index in [0.717, 1.165) is 12.0 Å². The number of carboxylic acids is 1. The van der Waals surface area contributed by atoms with Crippen LogP contribution in [0.15, 0.2) is 30.3 Å². The lowest BCUT2D eigenvalue weighted by Crippen LogP contribution is -2.44. The molecule has 0 spiro atoms. The van der Waals surface area contributed by atoms with E-state index in [4.69, 9.17) is 14.6 Å². The third kappa shape index (κ3) is 7.85. The summed E-state index contributed by atoms with van der Waals surface area (Å²) in [6, 6.07) is 7.63. The highest BCUT2D eigenvalue weighted by Gasteiger charge is 2.22. The molecule has 0 bridgehead atoms. The first-order valence-corrected chi connectivity index (χ1v) is 7.38. The van der Waals surface area contributed by atoms with E-state index in [0.29, 0.717) is 6.42 Å². The second kappa shape index (κ2) is 10.2. The van der Waals surface area contributed by atoms with Crippen LogP contribution in [0.3, 0.4) is 0 Å². The zero-order chi connectivity index (χ0) is 17.1. The summed E-state index contributed by atoms with van der Waals surface area (Å²) in [7, 11) is 0. The van der Waals surface area contributed by atoms with Crippen LogP contribution in [0, 0.1) is 0 Å². The topological polar surface area (TPSA) is 102 Å². The van der Waals surface area contributed by atoms with Gasteiger partial charge in [-0.1, -0.05) is 43.7 Å². The minimum absolute atomic E-state index is 0.0231. The zero-order valence-corrected chi connectivity index (χ0v) is 13.0. The van der Waals surface area contributed by atoms with Gasteiger partial charge >= 0.3 is 18.0 Å². The van der Waals surface area contributed by atoms with Crippen LogP contribution >= 0.6 is 0 Å². The van der Waals surface area contributed by atoms with Crippen molar-refractivity contribution in [3.8, 4) is 0 Å². The van der Waals surface area contributed by atoms with Gasteiger partial charge < -0.3 is 19.9 Å². The van der Waals surface area contributed by atoms with Gasteiger partial charge in [-0.25, -0.2) is 9.59 Å². The second-order valence-electron chi connectivity index (χ2n) is 4.88. The average Bonchev–Trinajstić information content (AvgIpc) is 2.55. The standard InChI is InChI=1S/C16H21NO6/c1-2-3-9-14(18)22-11-13(15(19)20)17-16(21)23-10-12-7-5-4-6-8-12/h4-8,13H,2-3,9-11H2,1H3,(H,17,21)(H,19,20)/t13-/m0/s1. The lowest BCUT2D eigenvalue weighted by atomic mass is 10.2. The number of unbranched alkanes of at least 4 members (excludes halogenated alkanes) is 1. The number of ether oxygens (including phenoxy) is 2. The predicted octanol–water partition coefficient (Wildman–Crippen LogP) is 2.10. The molecule has 0 unspecified atom stereocenters. The number of rotatable bonds is 9. The normalized spacial score (nSPS) is 11.3. The molecule has 0 saturated carbocycles. The molecule has 0 aromatic heterocycles. The summed E-state index contributed by atoms with van der Waals surface area (Å²) in [6.45, 7) is 1.52. The molecule has 2 N–H and O–H groups in total. The Balaban J connectivity index is 2.38. The maximum atomic E-state index is 11.6. The third-order valence-electron chi connectivity index (χ3n) is 2.95. The van der Waals surface area contributed by atoms with E-state index >= 15 is 0 Å². The van der Waals surface area contributed by atoms with Crippen LogP contribution in [0.4, 0.5) is 4.79 Å². The maximum Gasteiger partial charge on any atom is 0.408 e. The van der Waals surface area contributed by atoms with Crippen LogP contribution in [0.25, 0.3) is 0 Å². The fraction of sp³-hybridized carbons (Fsp3) is 0.438. The van der Waals surface area contributed by atoms with Gasteiger partial charge in [0.15, 0.2) is 6.04 Å². The average molecular weight is 323 g/mol. The molecule has 7 heteroatoms. The first kappa shape index (κ1) is 18.5. The highest BCUT2D eigenvalue weighted by Crippen LogP contribution is 2.01. The summed E-state index contributed by atoms with van der Waals surface area (Å²) in [6.07, 6.45) is 0.845. The Morgan fingerprint density at radius 3 is 2.48 bits per heavy atom. The molecule has 1 amide bonds. The van der Waals surface area contributed by atoms with Crippen LogP contribution < -0.4 is 5.32 Å². The Morgan fingerprint density at radius 2 is 1.87 bits per heavy atom. The van der Waals surface area contributed by atoms with Crippen LogP contribution in [-0.2, 0) is 25.7 Å². The molecule has 0 aliphatic heterocycles. The molecule has 0 heterocycles. The SMILES string of the molecule is CCCCC(=O)OC[C@H](NC(=O)OCc1ccccc1)C(=O)O. The van der Waals surface area contributed by atoms with Crippen molar-refractivity contribution in [3.63, 3.8) is 0 Å². The highest BCUT2D eigenvalue weighted by molar-refractivity contribution is 5.80. The number of carbonyl (C=O) groups excluding carboxylic acids is 2. The van der Waals surface area contributed by atoms with E-state index in [1.54, 1.807) is 24.3 Å². The maximum absolute atomic E-state index is 11.6. The quantitative estimate of drug-likeness (QED) is 0.675. The summed E-state index contributed by atoms with van der Waals surface area (Å²) in [5, 5.41) is 11.2. The van der Waals surface area contributed by atoms with Crippen LogP contribution in [0.2, 0.25) is 0 Å². The molecular formula is C16H21NO6. The van der Waals surface area contributed by atoms with Gasteiger partial charge in [0.25, 0.3) is 0 Å². The van der Waals surface area contributed by atoms with E-state index < -0.39 is 30.7 Å². The van der Waals surface area contributed by atoms with E-state index in [1.807, 2.05) is 13.0 Å². The van der Waals surface area contributed by atoms with Crippen molar-refractivity contribution in [3.05, 3.63) is 35.9 Å². The molecule has 126 valence electrons. The molecule has 1 rings (SSSR count). The van der Waals surface area contributed by atoms with E-state index in [9.17, 15) is 14.4 Å². The number of hydrogen-bond donors (Lipinski definition) is 2. The fourth-order valence-electron chi connectivity index (χ4n) is 1.65. The number of aliphatic carboxylic acids is 1. The number of esters is 1. The number of nitrogens with one attached hydrogen (secondary N) is 1. The van der Waals surface area contributed by atoms with Crippen molar-refractivity contribution < 1.29 is 29.0 Å². The number of carboxylic acid groups (broad SMARTS) is 1. The second-order valence-corrected chi connectivity index (χ2v) is 4.88. The van der Waals surface area contributed by atoms with Gasteiger partial charge in [-0.2, -0.15) is 0 Å². The molecule has 0 saturated heterocycles. The first-order valence-electron chi connectivity index (χ1n) is 7.38. The van der Waals surface area contributed by atoms with Crippen molar-refractivity contribution in [2.24, 2.45) is 0 Å². The predicted molar refractivity (Wildman–Crippen MR) is 81.7 cm³/mol. The van der Waals surface area contributed by atoms with Gasteiger partial charge in [-0.05, 0) is 12.0 Å². The van der Waals surface area contributed by atoms with Gasteiger partial charge in [-0.3, -0.25) is 4.79 Å². The zero-order valence-electron chi connectivity index (χ0n) is 13.0. The van der Waals surface area contributed by atoms with Gasteiger partial charge in [0, 0.05) is 6.42 Å². The highest BCUT2D eigenvalue weighted by atomic mass is 16.6. The largest absolute Gasteiger partial charge is 0.480 e. The molecule has 1 atom stereocenters. The summed E-state index contributed by atoms with van der Waals surface area (Å²) < 4.78 is 9.77. The Hall–Kier alpha value is -2.57. The first-order chi connectivity index (χ1) is 11.0. The summed E-state index contributed by atoms with van der Waals surface area (Å²) in [5.74, 6) is -1.79. The summed E-state index contributed by atoms with van der Waals surface area (Å²) >= 11 is 0. The number of alkyl carbamates (subject to hydrolysis) is 1. The van der Waals surface area contributed by atoms with Gasteiger partial charge in [0.2, 0.25) is 0 Å². The van der Waals surface area contributed by atoms with Crippen molar-refractivity contribution >= 4 is 18.0 Å². The van der Waals surface area contributed by atoms with Crippen molar-refractivity contribution in [2.75, 3.05) is 6.61 Å².